The second-order valence-electron chi connectivity index (χ2n) is 5.16. The number of Topliss-reactive ketones (excluding diaryl/α,β-unsaturated/α-hetero) is 1. The number of hydrogen-bond acceptors (Lipinski definition) is 4. The molecular weight excluding hydrogens is 306 g/mol. The molecule has 0 fully saturated rings. The summed E-state index contributed by atoms with van der Waals surface area (Å²) in [6.07, 6.45) is 0. The summed E-state index contributed by atoms with van der Waals surface area (Å²) in [5, 5.41) is 2.79. The van der Waals surface area contributed by atoms with Crippen molar-refractivity contribution < 1.29 is 19.1 Å². The first-order valence-corrected chi connectivity index (χ1v) is 7.83. The van der Waals surface area contributed by atoms with Crippen molar-refractivity contribution in [3.05, 3.63) is 59.7 Å². The number of nitrogens with one attached hydrogen (secondary N) is 1. The Morgan fingerprint density at radius 2 is 1.75 bits per heavy atom. The van der Waals surface area contributed by atoms with E-state index in [1.54, 1.807) is 48.5 Å². The molecule has 0 unspecified atom stereocenters. The molecule has 24 heavy (non-hydrogen) atoms. The highest BCUT2D eigenvalue weighted by molar-refractivity contribution is 6.05. The summed E-state index contributed by atoms with van der Waals surface area (Å²) in [7, 11) is 0. The van der Waals surface area contributed by atoms with Crippen LogP contribution in [0.25, 0.3) is 0 Å². The number of ether oxygens (including phenoxy) is 2. The van der Waals surface area contributed by atoms with Crippen molar-refractivity contribution in [2.75, 3.05) is 25.1 Å². The van der Waals surface area contributed by atoms with Crippen LogP contribution in [-0.2, 0) is 4.74 Å². The lowest BCUT2D eigenvalue weighted by atomic mass is 10.1. The van der Waals surface area contributed by atoms with E-state index in [-0.39, 0.29) is 11.7 Å². The number of benzene rings is 2. The molecule has 0 aliphatic carbocycles. The first kappa shape index (κ1) is 17.7. The fourth-order valence-corrected chi connectivity index (χ4v) is 2.11. The van der Waals surface area contributed by atoms with Crippen molar-refractivity contribution in [3.63, 3.8) is 0 Å². The topological polar surface area (TPSA) is 64.6 Å². The van der Waals surface area contributed by atoms with Crippen LogP contribution >= 0.6 is 0 Å². The van der Waals surface area contributed by atoms with Crippen molar-refractivity contribution in [1.29, 1.82) is 0 Å². The minimum absolute atomic E-state index is 0.0456. The minimum Gasteiger partial charge on any atom is -0.491 e. The second kappa shape index (κ2) is 8.84. The maximum Gasteiger partial charge on any atom is 0.255 e. The van der Waals surface area contributed by atoms with E-state index in [2.05, 4.69) is 5.32 Å². The molecule has 0 bridgehead atoms. The average Bonchev–Trinajstić information content (AvgIpc) is 2.59. The van der Waals surface area contributed by atoms with Crippen molar-refractivity contribution in [2.24, 2.45) is 0 Å². The van der Waals surface area contributed by atoms with E-state index in [0.717, 1.165) is 0 Å². The van der Waals surface area contributed by atoms with E-state index in [9.17, 15) is 9.59 Å². The Hall–Kier alpha value is -2.66. The number of ketones is 1. The Morgan fingerprint density at radius 3 is 2.50 bits per heavy atom. The highest BCUT2D eigenvalue weighted by Crippen LogP contribution is 2.16. The van der Waals surface area contributed by atoms with Gasteiger partial charge in [-0.05, 0) is 44.2 Å². The molecule has 0 saturated heterocycles. The maximum atomic E-state index is 12.3. The van der Waals surface area contributed by atoms with Crippen molar-refractivity contribution in [3.8, 4) is 5.75 Å². The Labute approximate surface area is 141 Å². The van der Waals surface area contributed by atoms with Crippen LogP contribution in [0.2, 0.25) is 0 Å². The lowest BCUT2D eigenvalue weighted by molar-refractivity contribution is 0.101. The van der Waals surface area contributed by atoms with Crippen LogP contribution in [0, 0.1) is 0 Å². The van der Waals surface area contributed by atoms with Crippen LogP contribution in [0.5, 0.6) is 5.75 Å². The lowest BCUT2D eigenvalue weighted by Crippen LogP contribution is -2.13. The molecule has 5 heteroatoms. The molecule has 1 N–H and O–H groups in total. The van der Waals surface area contributed by atoms with Crippen molar-refractivity contribution >= 4 is 17.4 Å². The number of carbonyl (C=O) groups excluding carboxylic acids is 2. The molecule has 0 aromatic heterocycles. The molecule has 0 radical (unpaired) electrons. The van der Waals surface area contributed by atoms with E-state index < -0.39 is 0 Å². The van der Waals surface area contributed by atoms with E-state index >= 15 is 0 Å². The molecule has 0 aliphatic rings. The maximum absolute atomic E-state index is 12.3. The van der Waals surface area contributed by atoms with Crippen LogP contribution in [0.3, 0.4) is 0 Å². The largest absolute Gasteiger partial charge is 0.491 e. The normalized spacial score (nSPS) is 10.2. The Balaban J connectivity index is 2.01. The summed E-state index contributed by atoms with van der Waals surface area (Å²) in [5.74, 6) is 0.307. The van der Waals surface area contributed by atoms with Gasteiger partial charge in [-0.3, -0.25) is 9.59 Å². The SMILES string of the molecule is CCOCCOc1cccc(C(=O)Nc2cccc(C(C)=O)c2)c1. The number of hydrogen-bond donors (Lipinski definition) is 1. The fraction of sp³-hybridized carbons (Fsp3) is 0.263. The van der Waals surface area contributed by atoms with Gasteiger partial charge in [-0.25, -0.2) is 0 Å². The smallest absolute Gasteiger partial charge is 0.255 e. The van der Waals surface area contributed by atoms with Gasteiger partial charge in [0.1, 0.15) is 12.4 Å². The van der Waals surface area contributed by atoms with Gasteiger partial charge >= 0.3 is 0 Å². The molecule has 0 aliphatic heterocycles. The van der Waals surface area contributed by atoms with E-state index in [0.29, 0.717) is 42.4 Å². The number of anilines is 1. The first-order chi connectivity index (χ1) is 11.6. The number of rotatable bonds is 8. The quantitative estimate of drug-likeness (QED) is 0.595. The molecule has 2 aromatic rings. The Kier molecular flexibility index (Phi) is 6.51. The number of amides is 1. The summed E-state index contributed by atoms with van der Waals surface area (Å²) < 4.78 is 10.8. The molecule has 1 amide bonds. The van der Waals surface area contributed by atoms with Gasteiger partial charge in [-0.15, -0.1) is 0 Å². The minimum atomic E-state index is -0.258. The molecule has 2 aromatic carbocycles. The van der Waals surface area contributed by atoms with Crippen LogP contribution in [0.15, 0.2) is 48.5 Å². The van der Waals surface area contributed by atoms with Crippen molar-refractivity contribution in [2.45, 2.75) is 13.8 Å². The van der Waals surface area contributed by atoms with Gasteiger partial charge in [0.2, 0.25) is 0 Å². The van der Waals surface area contributed by atoms with Gasteiger partial charge in [0.15, 0.2) is 5.78 Å². The molecule has 126 valence electrons. The highest BCUT2D eigenvalue weighted by atomic mass is 16.5. The lowest BCUT2D eigenvalue weighted by Gasteiger charge is -2.09. The zero-order valence-electron chi connectivity index (χ0n) is 13.9. The summed E-state index contributed by atoms with van der Waals surface area (Å²) >= 11 is 0. The van der Waals surface area contributed by atoms with Crippen LogP contribution in [-0.4, -0.2) is 31.5 Å². The third kappa shape index (κ3) is 5.21. The predicted molar refractivity (Wildman–Crippen MR) is 92.8 cm³/mol. The molecule has 5 nitrogen and oxygen atoms in total. The first-order valence-electron chi connectivity index (χ1n) is 7.83. The van der Waals surface area contributed by atoms with Gasteiger partial charge in [-0.2, -0.15) is 0 Å². The highest BCUT2D eigenvalue weighted by Gasteiger charge is 2.08. The zero-order valence-corrected chi connectivity index (χ0v) is 13.9. The molecule has 0 heterocycles. The van der Waals surface area contributed by atoms with E-state index in [1.807, 2.05) is 6.92 Å². The van der Waals surface area contributed by atoms with Gasteiger partial charge in [-0.1, -0.05) is 18.2 Å². The zero-order chi connectivity index (χ0) is 17.4. The molecule has 0 atom stereocenters. The van der Waals surface area contributed by atoms with Crippen LogP contribution in [0.4, 0.5) is 5.69 Å². The monoisotopic (exact) mass is 327 g/mol. The third-order valence-electron chi connectivity index (χ3n) is 3.32. The predicted octanol–water partition coefficient (Wildman–Crippen LogP) is 3.56. The Bertz CT molecular complexity index is 712. The van der Waals surface area contributed by atoms with Gasteiger partial charge in [0.05, 0.1) is 6.61 Å². The van der Waals surface area contributed by atoms with Crippen LogP contribution in [0.1, 0.15) is 34.6 Å². The molecule has 0 saturated carbocycles. The van der Waals surface area contributed by atoms with Gasteiger partial charge < -0.3 is 14.8 Å². The summed E-state index contributed by atoms with van der Waals surface area (Å²) in [5.41, 5.74) is 1.62. The Morgan fingerprint density at radius 1 is 1.00 bits per heavy atom. The van der Waals surface area contributed by atoms with Crippen molar-refractivity contribution in [1.82, 2.24) is 0 Å². The fourth-order valence-electron chi connectivity index (χ4n) is 2.11. The number of carbonyl (C=O) groups is 2. The summed E-state index contributed by atoms with van der Waals surface area (Å²) in [6, 6.07) is 13.8. The second-order valence-corrected chi connectivity index (χ2v) is 5.16. The average molecular weight is 327 g/mol. The third-order valence-corrected chi connectivity index (χ3v) is 3.32. The van der Waals surface area contributed by atoms with Gasteiger partial charge in [0.25, 0.3) is 5.91 Å². The molecule has 0 spiro atoms. The molecular formula is C19H21NO4. The standard InChI is InChI=1S/C19H21NO4/c1-3-23-10-11-24-18-9-5-7-16(13-18)19(22)20-17-8-4-6-15(12-17)14(2)21/h4-9,12-13H,3,10-11H2,1-2H3,(H,20,22). The molecule has 2 rings (SSSR count). The van der Waals surface area contributed by atoms with Gasteiger partial charge in [0, 0.05) is 23.4 Å². The summed E-state index contributed by atoms with van der Waals surface area (Å²) in [4.78, 5) is 23.8. The van der Waals surface area contributed by atoms with E-state index in [4.69, 9.17) is 9.47 Å². The summed E-state index contributed by atoms with van der Waals surface area (Å²) in [6.45, 7) is 4.99. The van der Waals surface area contributed by atoms with Crippen LogP contribution < -0.4 is 10.1 Å². The van der Waals surface area contributed by atoms with E-state index in [1.165, 1.54) is 6.92 Å².